The smallest absolute Gasteiger partial charge is 0.265 e. The molecule has 1 fully saturated rings. The van der Waals surface area contributed by atoms with Crippen LogP contribution in [0, 0.1) is 6.92 Å². The summed E-state index contributed by atoms with van der Waals surface area (Å²) in [7, 11) is 0. The number of piperidine rings is 1. The summed E-state index contributed by atoms with van der Waals surface area (Å²) in [6.45, 7) is 4.44. The molecule has 0 spiro atoms. The SMILES string of the molecule is Cc1ccc(OCc2csc(C(=O)Nc3ccc(N4CCCCC4)c4nonc34)c2)cc1. The fourth-order valence-corrected chi connectivity index (χ4v) is 4.69. The number of hydrogen-bond donors (Lipinski definition) is 1. The van der Waals surface area contributed by atoms with Gasteiger partial charge in [-0.25, -0.2) is 4.63 Å². The van der Waals surface area contributed by atoms with Crippen LogP contribution in [0.4, 0.5) is 11.4 Å². The molecule has 4 aromatic rings. The van der Waals surface area contributed by atoms with E-state index in [4.69, 9.17) is 9.37 Å². The predicted octanol–water partition coefficient (Wildman–Crippen LogP) is 5.41. The summed E-state index contributed by atoms with van der Waals surface area (Å²) in [6.07, 6.45) is 3.59. The molecule has 0 aliphatic carbocycles. The average Bonchev–Trinajstić information content (AvgIpc) is 3.50. The molecule has 1 N–H and O–H groups in total. The highest BCUT2D eigenvalue weighted by Gasteiger charge is 2.20. The van der Waals surface area contributed by atoms with Crippen LogP contribution in [0.5, 0.6) is 5.75 Å². The molecule has 164 valence electrons. The molecule has 2 aromatic heterocycles. The van der Waals surface area contributed by atoms with Crippen molar-refractivity contribution in [3.05, 3.63) is 63.8 Å². The van der Waals surface area contributed by atoms with E-state index in [9.17, 15) is 4.79 Å². The van der Waals surface area contributed by atoms with E-state index in [1.165, 1.54) is 36.2 Å². The van der Waals surface area contributed by atoms with Gasteiger partial charge in [-0.15, -0.1) is 11.3 Å². The third kappa shape index (κ3) is 4.31. The molecular weight excluding hydrogens is 424 g/mol. The number of anilines is 2. The summed E-state index contributed by atoms with van der Waals surface area (Å²) in [5, 5.41) is 13.1. The van der Waals surface area contributed by atoms with Crippen LogP contribution in [-0.2, 0) is 6.61 Å². The van der Waals surface area contributed by atoms with E-state index < -0.39 is 0 Å². The Hall–Kier alpha value is -3.39. The monoisotopic (exact) mass is 448 g/mol. The van der Waals surface area contributed by atoms with Crippen LogP contribution in [0.2, 0.25) is 0 Å². The first kappa shape index (κ1) is 20.5. The third-order valence-corrected chi connectivity index (χ3v) is 6.62. The maximum Gasteiger partial charge on any atom is 0.265 e. The molecule has 32 heavy (non-hydrogen) atoms. The van der Waals surface area contributed by atoms with Gasteiger partial charge in [0.15, 0.2) is 11.0 Å². The number of carbonyl (C=O) groups is 1. The van der Waals surface area contributed by atoms with E-state index in [-0.39, 0.29) is 5.91 Å². The van der Waals surface area contributed by atoms with Crippen molar-refractivity contribution in [3.63, 3.8) is 0 Å². The molecule has 8 heteroatoms. The molecular formula is C24H24N4O3S. The molecule has 1 aliphatic heterocycles. The second kappa shape index (κ2) is 9.00. The first-order valence-corrected chi connectivity index (χ1v) is 11.6. The molecule has 1 aliphatic rings. The molecule has 7 nitrogen and oxygen atoms in total. The summed E-state index contributed by atoms with van der Waals surface area (Å²) >= 11 is 1.39. The number of rotatable bonds is 6. The first-order valence-electron chi connectivity index (χ1n) is 10.8. The molecule has 0 bridgehead atoms. The Kier molecular flexibility index (Phi) is 5.77. The summed E-state index contributed by atoms with van der Waals surface area (Å²) in [4.78, 5) is 15.8. The number of nitrogens with one attached hydrogen (secondary N) is 1. The Bertz CT molecular complexity index is 1230. The fraction of sp³-hybridized carbons (Fsp3) is 0.292. The predicted molar refractivity (Wildman–Crippen MR) is 126 cm³/mol. The van der Waals surface area contributed by atoms with Crippen LogP contribution in [0.1, 0.15) is 40.1 Å². The van der Waals surface area contributed by atoms with Crippen molar-refractivity contribution in [2.45, 2.75) is 32.8 Å². The molecule has 1 amide bonds. The van der Waals surface area contributed by atoms with Crippen LogP contribution in [0.3, 0.4) is 0 Å². The number of fused-ring (bicyclic) bond motifs is 1. The topological polar surface area (TPSA) is 80.5 Å². The van der Waals surface area contributed by atoms with Gasteiger partial charge in [0.25, 0.3) is 5.91 Å². The van der Waals surface area contributed by atoms with Crippen LogP contribution >= 0.6 is 11.3 Å². The number of hydrogen-bond acceptors (Lipinski definition) is 7. The largest absolute Gasteiger partial charge is 0.489 e. The van der Waals surface area contributed by atoms with Gasteiger partial charge in [-0.05, 0) is 72.2 Å². The summed E-state index contributed by atoms with van der Waals surface area (Å²) in [6, 6.07) is 13.6. The standard InChI is InChI=1S/C24H24N4O3S/c1-16-5-7-18(8-6-16)30-14-17-13-21(32-15-17)24(29)25-19-9-10-20(23-22(19)26-31-27-23)28-11-3-2-4-12-28/h5-10,13,15H,2-4,11-12,14H2,1H3,(H,25,29). The van der Waals surface area contributed by atoms with Gasteiger partial charge < -0.3 is 15.0 Å². The van der Waals surface area contributed by atoms with Gasteiger partial charge in [-0.2, -0.15) is 0 Å². The molecule has 0 unspecified atom stereocenters. The highest BCUT2D eigenvalue weighted by molar-refractivity contribution is 7.12. The van der Waals surface area contributed by atoms with E-state index in [2.05, 4.69) is 20.5 Å². The van der Waals surface area contributed by atoms with Gasteiger partial charge in [0.05, 0.1) is 16.3 Å². The van der Waals surface area contributed by atoms with Crippen molar-refractivity contribution in [2.24, 2.45) is 0 Å². The number of nitrogens with zero attached hydrogens (tertiary/aromatic N) is 3. The molecule has 0 saturated carbocycles. The van der Waals surface area contributed by atoms with Crippen molar-refractivity contribution >= 4 is 39.7 Å². The third-order valence-electron chi connectivity index (χ3n) is 5.64. The number of amides is 1. The van der Waals surface area contributed by atoms with Gasteiger partial charge >= 0.3 is 0 Å². The van der Waals surface area contributed by atoms with Crippen LogP contribution in [-0.4, -0.2) is 29.3 Å². The van der Waals surface area contributed by atoms with Crippen molar-refractivity contribution in [1.29, 1.82) is 0 Å². The van der Waals surface area contributed by atoms with E-state index in [1.807, 2.05) is 54.8 Å². The van der Waals surface area contributed by atoms with Gasteiger partial charge in [-0.1, -0.05) is 17.7 Å². The van der Waals surface area contributed by atoms with Crippen molar-refractivity contribution in [2.75, 3.05) is 23.3 Å². The molecule has 1 saturated heterocycles. The van der Waals surface area contributed by atoms with Gasteiger partial charge in [0, 0.05) is 18.7 Å². The number of carbonyl (C=O) groups excluding carboxylic acids is 1. The highest BCUT2D eigenvalue weighted by atomic mass is 32.1. The molecule has 5 rings (SSSR count). The molecule has 0 atom stereocenters. The zero-order valence-corrected chi connectivity index (χ0v) is 18.7. The van der Waals surface area contributed by atoms with Crippen LogP contribution in [0.15, 0.2) is 52.5 Å². The van der Waals surface area contributed by atoms with E-state index in [0.717, 1.165) is 30.1 Å². The minimum Gasteiger partial charge on any atom is -0.489 e. The van der Waals surface area contributed by atoms with E-state index in [0.29, 0.717) is 28.2 Å². The van der Waals surface area contributed by atoms with Gasteiger partial charge in [-0.3, -0.25) is 4.79 Å². The van der Waals surface area contributed by atoms with Crippen LogP contribution < -0.4 is 15.0 Å². The lowest BCUT2D eigenvalue weighted by Gasteiger charge is -2.28. The minimum atomic E-state index is -0.188. The van der Waals surface area contributed by atoms with Gasteiger partial charge in [0.1, 0.15) is 12.4 Å². The zero-order chi connectivity index (χ0) is 21.9. The lowest BCUT2D eigenvalue weighted by Crippen LogP contribution is -2.29. The van der Waals surface area contributed by atoms with Gasteiger partial charge in [0.2, 0.25) is 0 Å². The Morgan fingerprint density at radius 1 is 1.09 bits per heavy atom. The van der Waals surface area contributed by atoms with Crippen LogP contribution in [0.25, 0.3) is 11.0 Å². The molecule has 2 aromatic carbocycles. The Morgan fingerprint density at radius 3 is 2.69 bits per heavy atom. The van der Waals surface area contributed by atoms with Crippen molar-refractivity contribution < 1.29 is 14.2 Å². The normalized spacial score (nSPS) is 14.0. The zero-order valence-electron chi connectivity index (χ0n) is 17.8. The van der Waals surface area contributed by atoms with E-state index in [1.54, 1.807) is 0 Å². The van der Waals surface area contributed by atoms with Crippen molar-refractivity contribution in [1.82, 2.24) is 10.3 Å². The Morgan fingerprint density at radius 2 is 1.88 bits per heavy atom. The minimum absolute atomic E-state index is 0.188. The number of ether oxygens (including phenoxy) is 1. The first-order chi connectivity index (χ1) is 15.7. The second-order valence-corrected chi connectivity index (χ2v) is 8.93. The Labute approximate surface area is 190 Å². The number of thiophene rings is 1. The average molecular weight is 449 g/mol. The molecule has 0 radical (unpaired) electrons. The lowest BCUT2D eigenvalue weighted by atomic mass is 10.1. The maximum absolute atomic E-state index is 12.9. The highest BCUT2D eigenvalue weighted by Crippen LogP contribution is 2.32. The fourth-order valence-electron chi connectivity index (χ4n) is 3.90. The summed E-state index contributed by atoms with van der Waals surface area (Å²) in [5.74, 6) is 0.620. The number of aryl methyl sites for hydroxylation is 1. The lowest BCUT2D eigenvalue weighted by molar-refractivity contribution is 0.103. The molecule has 3 heterocycles. The summed E-state index contributed by atoms with van der Waals surface area (Å²) < 4.78 is 10.8. The number of aromatic nitrogens is 2. The van der Waals surface area contributed by atoms with Crippen molar-refractivity contribution in [3.8, 4) is 5.75 Å². The number of benzene rings is 2. The summed E-state index contributed by atoms with van der Waals surface area (Å²) in [5.41, 5.74) is 4.99. The maximum atomic E-state index is 12.9. The second-order valence-electron chi connectivity index (χ2n) is 8.02. The quantitative estimate of drug-likeness (QED) is 0.425. The van der Waals surface area contributed by atoms with E-state index >= 15 is 0 Å². The Balaban J connectivity index is 1.28.